The molecule has 1 aromatic heterocycles. The van der Waals surface area contributed by atoms with Gasteiger partial charge in [0.15, 0.2) is 11.5 Å². The summed E-state index contributed by atoms with van der Waals surface area (Å²) in [5.74, 6) is 2.31. The van der Waals surface area contributed by atoms with E-state index in [1.165, 1.54) is 25.7 Å². The van der Waals surface area contributed by atoms with Crippen molar-refractivity contribution < 1.29 is 14.2 Å². The minimum Gasteiger partial charge on any atom is -0.490 e. The van der Waals surface area contributed by atoms with E-state index >= 15 is 0 Å². The first kappa shape index (κ1) is 25.8. The first-order valence-electron chi connectivity index (χ1n) is 12.4. The molecule has 0 atom stereocenters. The van der Waals surface area contributed by atoms with Gasteiger partial charge in [-0.3, -0.25) is 4.98 Å². The highest BCUT2D eigenvalue weighted by Crippen LogP contribution is 2.41. The van der Waals surface area contributed by atoms with Crippen molar-refractivity contribution in [1.29, 1.82) is 0 Å². The third-order valence-corrected chi connectivity index (χ3v) is 5.26. The lowest BCUT2D eigenvalue weighted by atomic mass is 10.1. The lowest BCUT2D eigenvalue weighted by molar-refractivity contribution is 0.235. The van der Waals surface area contributed by atoms with E-state index in [2.05, 4.69) is 44.0 Å². The number of rotatable bonds is 17. The second-order valence-electron chi connectivity index (χ2n) is 8.09. The van der Waals surface area contributed by atoms with Crippen molar-refractivity contribution in [2.75, 3.05) is 19.8 Å². The molecule has 0 N–H and O–H groups in total. The van der Waals surface area contributed by atoms with Gasteiger partial charge in [-0.05, 0) is 49.1 Å². The van der Waals surface area contributed by atoms with E-state index in [1.54, 1.807) is 12.4 Å². The van der Waals surface area contributed by atoms with Crippen LogP contribution >= 0.6 is 0 Å². The monoisotopic (exact) mass is 439 g/mol. The van der Waals surface area contributed by atoms with Crippen LogP contribution in [0.2, 0.25) is 0 Å². The number of nitrogens with zero attached hydrogens (tertiary/aromatic N) is 1. The number of ether oxygens (including phenoxy) is 3. The highest BCUT2D eigenvalue weighted by molar-refractivity contribution is 5.75. The fourth-order valence-corrected chi connectivity index (χ4v) is 3.34. The minimum atomic E-state index is 0.669. The topological polar surface area (TPSA) is 40.6 Å². The summed E-state index contributed by atoms with van der Waals surface area (Å²) in [5, 5.41) is 0. The van der Waals surface area contributed by atoms with E-state index in [1.807, 2.05) is 18.2 Å². The molecule has 4 heteroatoms. The Kier molecular flexibility index (Phi) is 13.0. The van der Waals surface area contributed by atoms with Gasteiger partial charge in [0, 0.05) is 18.0 Å². The van der Waals surface area contributed by atoms with Gasteiger partial charge in [-0.2, -0.15) is 0 Å². The molecule has 176 valence electrons. The maximum Gasteiger partial charge on any atom is 0.204 e. The molecule has 0 bridgehead atoms. The molecule has 0 aliphatic carbocycles. The molecule has 0 aliphatic heterocycles. The van der Waals surface area contributed by atoms with E-state index in [9.17, 15) is 0 Å². The zero-order valence-corrected chi connectivity index (χ0v) is 20.3. The number of hydrogen-bond donors (Lipinski definition) is 0. The maximum absolute atomic E-state index is 6.32. The van der Waals surface area contributed by atoms with Gasteiger partial charge in [0.05, 0.1) is 19.8 Å². The molecule has 2 rings (SSSR count). The third kappa shape index (κ3) is 9.33. The molecule has 0 fully saturated rings. The van der Waals surface area contributed by atoms with Crippen molar-refractivity contribution >= 4 is 12.2 Å². The van der Waals surface area contributed by atoms with Gasteiger partial charge in [-0.25, -0.2) is 0 Å². The first-order valence-corrected chi connectivity index (χ1v) is 12.4. The molecule has 1 heterocycles. The summed E-state index contributed by atoms with van der Waals surface area (Å²) in [6.07, 6.45) is 17.9. The molecule has 0 saturated carbocycles. The van der Waals surface area contributed by atoms with Gasteiger partial charge in [-0.1, -0.05) is 71.4 Å². The van der Waals surface area contributed by atoms with Crippen molar-refractivity contribution in [2.45, 2.75) is 78.6 Å². The van der Waals surface area contributed by atoms with Crippen LogP contribution in [0.3, 0.4) is 0 Å². The van der Waals surface area contributed by atoms with Crippen molar-refractivity contribution in [3.63, 3.8) is 0 Å². The predicted molar refractivity (Wildman–Crippen MR) is 135 cm³/mol. The summed E-state index contributed by atoms with van der Waals surface area (Å²) >= 11 is 0. The van der Waals surface area contributed by atoms with Gasteiger partial charge in [0.1, 0.15) is 0 Å². The number of hydrogen-bond acceptors (Lipinski definition) is 4. The van der Waals surface area contributed by atoms with Crippen LogP contribution in [0.1, 0.15) is 89.7 Å². The van der Waals surface area contributed by atoms with Crippen LogP contribution in [0.25, 0.3) is 12.2 Å². The van der Waals surface area contributed by atoms with Gasteiger partial charge in [0.2, 0.25) is 5.75 Å². The summed E-state index contributed by atoms with van der Waals surface area (Å²) in [7, 11) is 0. The molecule has 0 saturated heterocycles. The number of unbranched alkanes of at least 4 members (excludes halogenated alkanes) is 6. The highest BCUT2D eigenvalue weighted by atomic mass is 16.5. The van der Waals surface area contributed by atoms with E-state index in [4.69, 9.17) is 14.2 Å². The summed E-state index contributed by atoms with van der Waals surface area (Å²) in [4.78, 5) is 4.10. The first-order chi connectivity index (χ1) is 15.8. The maximum atomic E-state index is 6.32. The van der Waals surface area contributed by atoms with Crippen molar-refractivity contribution in [2.24, 2.45) is 0 Å². The zero-order valence-electron chi connectivity index (χ0n) is 20.3. The summed E-state index contributed by atoms with van der Waals surface area (Å²) in [6.45, 7) is 8.65. The standard InChI is InChI=1S/C28H41NO3/c1-4-7-10-21-30-26-16-15-25(14-13-24-17-19-29-20-18-24)27(31-22-11-8-5-2)28(26)32-23-12-9-6-3/h13-20H,4-12,21-23H2,1-3H3/b14-13+. The lowest BCUT2D eigenvalue weighted by Crippen LogP contribution is -2.07. The molecule has 0 amide bonds. The Hall–Kier alpha value is -2.49. The van der Waals surface area contributed by atoms with Gasteiger partial charge < -0.3 is 14.2 Å². The Bertz CT molecular complexity index is 774. The molecule has 0 spiro atoms. The molecule has 0 radical (unpaired) electrons. The van der Waals surface area contributed by atoms with Crippen molar-refractivity contribution in [3.05, 3.63) is 47.8 Å². The lowest BCUT2D eigenvalue weighted by Gasteiger charge is -2.19. The van der Waals surface area contributed by atoms with Gasteiger partial charge in [-0.15, -0.1) is 0 Å². The molecule has 0 unspecified atom stereocenters. The van der Waals surface area contributed by atoms with E-state index in [-0.39, 0.29) is 0 Å². The normalized spacial score (nSPS) is 11.1. The molecule has 1 aromatic carbocycles. The average Bonchev–Trinajstić information content (AvgIpc) is 2.83. The Morgan fingerprint density at radius 2 is 1.19 bits per heavy atom. The van der Waals surface area contributed by atoms with E-state index in [0.29, 0.717) is 19.8 Å². The quantitative estimate of drug-likeness (QED) is 0.234. The summed E-state index contributed by atoms with van der Waals surface area (Å²) in [5.41, 5.74) is 2.10. The van der Waals surface area contributed by atoms with Crippen LogP contribution in [0.5, 0.6) is 17.2 Å². The summed E-state index contributed by atoms with van der Waals surface area (Å²) in [6, 6.07) is 8.07. The Morgan fingerprint density at radius 3 is 1.78 bits per heavy atom. The van der Waals surface area contributed by atoms with Crippen LogP contribution in [0.15, 0.2) is 36.7 Å². The Morgan fingerprint density at radius 1 is 0.625 bits per heavy atom. The molecular formula is C28H41NO3. The Balaban J connectivity index is 2.30. The van der Waals surface area contributed by atoms with Crippen LogP contribution in [0.4, 0.5) is 0 Å². The minimum absolute atomic E-state index is 0.669. The second-order valence-corrected chi connectivity index (χ2v) is 8.09. The van der Waals surface area contributed by atoms with Crippen molar-refractivity contribution in [1.82, 2.24) is 4.98 Å². The molecule has 2 aromatic rings. The van der Waals surface area contributed by atoms with E-state index < -0.39 is 0 Å². The SMILES string of the molecule is CCCCCOc1ccc(/C=C/c2ccncc2)c(OCCCCC)c1OCCCCC. The zero-order chi connectivity index (χ0) is 22.9. The number of pyridine rings is 1. The molecule has 32 heavy (non-hydrogen) atoms. The number of aromatic nitrogens is 1. The molecule has 0 aliphatic rings. The largest absolute Gasteiger partial charge is 0.490 e. The fraction of sp³-hybridized carbons (Fsp3) is 0.536. The van der Waals surface area contributed by atoms with Crippen LogP contribution in [-0.2, 0) is 0 Å². The van der Waals surface area contributed by atoms with Crippen LogP contribution in [-0.4, -0.2) is 24.8 Å². The van der Waals surface area contributed by atoms with E-state index in [0.717, 1.165) is 60.5 Å². The molecule has 4 nitrogen and oxygen atoms in total. The molecular weight excluding hydrogens is 398 g/mol. The number of benzene rings is 1. The average molecular weight is 440 g/mol. The smallest absolute Gasteiger partial charge is 0.204 e. The van der Waals surface area contributed by atoms with Crippen LogP contribution < -0.4 is 14.2 Å². The second kappa shape index (κ2) is 16.2. The third-order valence-electron chi connectivity index (χ3n) is 5.26. The van der Waals surface area contributed by atoms with Crippen molar-refractivity contribution in [3.8, 4) is 17.2 Å². The van der Waals surface area contributed by atoms with Gasteiger partial charge >= 0.3 is 0 Å². The summed E-state index contributed by atoms with van der Waals surface area (Å²) < 4.78 is 18.7. The highest BCUT2D eigenvalue weighted by Gasteiger charge is 2.17. The van der Waals surface area contributed by atoms with Gasteiger partial charge in [0.25, 0.3) is 0 Å². The Labute approximate surface area is 195 Å². The predicted octanol–water partition coefficient (Wildman–Crippen LogP) is 7.96. The fourth-order valence-electron chi connectivity index (χ4n) is 3.34. The van der Waals surface area contributed by atoms with Crippen LogP contribution in [0, 0.1) is 0 Å².